The zero-order valence-corrected chi connectivity index (χ0v) is 11.5. The van der Waals surface area contributed by atoms with Crippen LogP contribution in [0.3, 0.4) is 0 Å². The molecule has 0 amide bonds. The first-order chi connectivity index (χ1) is 9.05. The Labute approximate surface area is 113 Å². The van der Waals surface area contributed by atoms with E-state index in [1.54, 1.807) is 7.11 Å². The molecule has 0 aliphatic heterocycles. The van der Waals surface area contributed by atoms with Gasteiger partial charge in [-0.3, -0.25) is 0 Å². The number of hydrogen-bond donors (Lipinski definition) is 2. The Morgan fingerprint density at radius 1 is 1.42 bits per heavy atom. The fraction of sp³-hybridized carbons (Fsp3) is 0.533. The molecule has 1 aromatic rings. The quantitative estimate of drug-likeness (QED) is 0.876. The molecule has 0 aromatic heterocycles. The van der Waals surface area contributed by atoms with E-state index in [1.807, 2.05) is 24.3 Å². The minimum Gasteiger partial charge on any atom is -0.497 e. The Morgan fingerprint density at radius 2 is 2.11 bits per heavy atom. The summed E-state index contributed by atoms with van der Waals surface area (Å²) in [6.45, 7) is 2.18. The number of anilines is 1. The van der Waals surface area contributed by atoms with Crippen molar-refractivity contribution in [1.82, 2.24) is 0 Å². The molecule has 1 saturated carbocycles. The van der Waals surface area contributed by atoms with E-state index in [0.717, 1.165) is 24.3 Å². The molecule has 4 heteroatoms. The highest BCUT2D eigenvalue weighted by Crippen LogP contribution is 2.35. The van der Waals surface area contributed by atoms with Gasteiger partial charge >= 0.3 is 5.97 Å². The van der Waals surface area contributed by atoms with Crippen LogP contribution in [-0.4, -0.2) is 23.7 Å². The second-order valence-electron chi connectivity index (χ2n) is 5.43. The maximum absolute atomic E-state index is 11.6. The molecule has 0 unspecified atom stereocenters. The highest BCUT2D eigenvalue weighted by atomic mass is 16.5. The van der Waals surface area contributed by atoms with Crippen LogP contribution in [0.4, 0.5) is 5.69 Å². The third-order valence-electron chi connectivity index (χ3n) is 3.99. The first kappa shape index (κ1) is 13.7. The predicted octanol–water partition coefficient (Wildman–Crippen LogP) is 3.14. The fourth-order valence-electron chi connectivity index (χ4n) is 2.62. The van der Waals surface area contributed by atoms with E-state index in [0.29, 0.717) is 18.8 Å². The molecule has 1 fully saturated rings. The summed E-state index contributed by atoms with van der Waals surface area (Å²) in [5.41, 5.74) is -0.0323. The Bertz CT molecular complexity index is 450. The van der Waals surface area contributed by atoms with Crippen molar-refractivity contribution in [2.75, 3.05) is 12.4 Å². The summed E-state index contributed by atoms with van der Waals surface area (Å²) in [4.78, 5) is 11.6. The van der Waals surface area contributed by atoms with Gasteiger partial charge in [0.15, 0.2) is 0 Å². The van der Waals surface area contributed by atoms with Crippen molar-refractivity contribution in [3.63, 3.8) is 0 Å². The SMILES string of the molecule is COc1cccc(NC2(C(=O)O)CCC(C)CC2)c1. The lowest BCUT2D eigenvalue weighted by Crippen LogP contribution is -2.48. The van der Waals surface area contributed by atoms with Gasteiger partial charge in [0.05, 0.1) is 7.11 Å². The molecular weight excluding hydrogens is 242 g/mol. The Morgan fingerprint density at radius 3 is 2.68 bits per heavy atom. The van der Waals surface area contributed by atoms with Gasteiger partial charge in [0.2, 0.25) is 0 Å². The highest BCUT2D eigenvalue weighted by Gasteiger charge is 2.41. The van der Waals surface area contributed by atoms with Crippen LogP contribution in [0.25, 0.3) is 0 Å². The molecule has 2 N–H and O–H groups in total. The number of methoxy groups -OCH3 is 1. The molecule has 1 aromatic carbocycles. The van der Waals surface area contributed by atoms with E-state index in [9.17, 15) is 9.90 Å². The number of carboxylic acid groups (broad SMARTS) is 1. The lowest BCUT2D eigenvalue weighted by molar-refractivity contribution is -0.143. The number of rotatable bonds is 4. The van der Waals surface area contributed by atoms with E-state index >= 15 is 0 Å². The largest absolute Gasteiger partial charge is 0.497 e. The van der Waals surface area contributed by atoms with Crippen molar-refractivity contribution in [3.05, 3.63) is 24.3 Å². The van der Waals surface area contributed by atoms with Crippen molar-refractivity contribution >= 4 is 11.7 Å². The van der Waals surface area contributed by atoms with Gasteiger partial charge in [-0.15, -0.1) is 0 Å². The average molecular weight is 263 g/mol. The van der Waals surface area contributed by atoms with Gasteiger partial charge in [-0.05, 0) is 43.7 Å². The highest BCUT2D eigenvalue weighted by molar-refractivity contribution is 5.83. The second-order valence-corrected chi connectivity index (χ2v) is 5.43. The van der Waals surface area contributed by atoms with E-state index in [-0.39, 0.29) is 0 Å². The lowest BCUT2D eigenvalue weighted by atomic mass is 9.77. The van der Waals surface area contributed by atoms with Crippen molar-refractivity contribution in [2.24, 2.45) is 5.92 Å². The number of carbonyl (C=O) groups is 1. The summed E-state index contributed by atoms with van der Waals surface area (Å²) in [5, 5.41) is 12.8. The smallest absolute Gasteiger partial charge is 0.329 e. The number of nitrogens with one attached hydrogen (secondary N) is 1. The first-order valence-electron chi connectivity index (χ1n) is 6.71. The van der Waals surface area contributed by atoms with E-state index in [2.05, 4.69) is 12.2 Å². The monoisotopic (exact) mass is 263 g/mol. The minimum absolute atomic E-state index is 0.611. The van der Waals surface area contributed by atoms with Crippen LogP contribution in [0.5, 0.6) is 5.75 Å². The molecule has 0 saturated heterocycles. The molecular formula is C15H21NO3. The summed E-state index contributed by atoms with van der Waals surface area (Å²) < 4.78 is 5.17. The normalized spacial score (nSPS) is 26.7. The molecule has 4 nitrogen and oxygen atoms in total. The third-order valence-corrected chi connectivity index (χ3v) is 3.99. The second kappa shape index (κ2) is 5.51. The molecule has 1 aliphatic rings. The molecule has 1 aliphatic carbocycles. The zero-order chi connectivity index (χ0) is 13.9. The molecule has 0 spiro atoms. The Kier molecular flexibility index (Phi) is 3.98. The number of ether oxygens (including phenoxy) is 1. The number of carboxylic acids is 1. The average Bonchev–Trinajstić information content (AvgIpc) is 2.41. The fourth-order valence-corrected chi connectivity index (χ4v) is 2.62. The Balaban J connectivity index is 2.19. The zero-order valence-electron chi connectivity index (χ0n) is 11.5. The van der Waals surface area contributed by atoms with E-state index in [4.69, 9.17) is 4.74 Å². The van der Waals surface area contributed by atoms with Crippen LogP contribution in [0.1, 0.15) is 32.6 Å². The van der Waals surface area contributed by atoms with Gasteiger partial charge in [0.25, 0.3) is 0 Å². The number of benzene rings is 1. The van der Waals surface area contributed by atoms with Crippen molar-refractivity contribution < 1.29 is 14.6 Å². The molecule has 0 radical (unpaired) electrons. The van der Waals surface area contributed by atoms with E-state index < -0.39 is 11.5 Å². The topological polar surface area (TPSA) is 58.6 Å². The van der Waals surface area contributed by atoms with Gasteiger partial charge in [-0.2, -0.15) is 0 Å². The molecule has 19 heavy (non-hydrogen) atoms. The summed E-state index contributed by atoms with van der Waals surface area (Å²) >= 11 is 0. The van der Waals surface area contributed by atoms with Gasteiger partial charge in [-0.25, -0.2) is 4.79 Å². The van der Waals surface area contributed by atoms with Crippen molar-refractivity contribution in [1.29, 1.82) is 0 Å². The summed E-state index contributed by atoms with van der Waals surface area (Å²) in [5.74, 6) is 0.580. The molecule has 0 bridgehead atoms. The van der Waals surface area contributed by atoms with Crippen LogP contribution in [0, 0.1) is 5.92 Å². The first-order valence-corrected chi connectivity index (χ1v) is 6.71. The maximum Gasteiger partial charge on any atom is 0.329 e. The van der Waals surface area contributed by atoms with Crippen LogP contribution >= 0.6 is 0 Å². The third kappa shape index (κ3) is 3.00. The van der Waals surface area contributed by atoms with Crippen LogP contribution in [0.15, 0.2) is 24.3 Å². The molecule has 0 atom stereocenters. The maximum atomic E-state index is 11.6. The predicted molar refractivity (Wildman–Crippen MR) is 74.6 cm³/mol. The lowest BCUT2D eigenvalue weighted by Gasteiger charge is -2.37. The summed E-state index contributed by atoms with van der Waals surface area (Å²) in [6.07, 6.45) is 3.23. The van der Waals surface area contributed by atoms with Gasteiger partial charge in [-0.1, -0.05) is 13.0 Å². The van der Waals surface area contributed by atoms with Gasteiger partial charge in [0.1, 0.15) is 11.3 Å². The van der Waals surface area contributed by atoms with E-state index in [1.165, 1.54) is 0 Å². The van der Waals surface area contributed by atoms with Crippen molar-refractivity contribution in [2.45, 2.75) is 38.1 Å². The van der Waals surface area contributed by atoms with Gasteiger partial charge in [0, 0.05) is 11.8 Å². The van der Waals surface area contributed by atoms with Crippen LogP contribution in [0.2, 0.25) is 0 Å². The van der Waals surface area contributed by atoms with Gasteiger partial charge < -0.3 is 15.2 Å². The van der Waals surface area contributed by atoms with Crippen LogP contribution < -0.4 is 10.1 Å². The minimum atomic E-state index is -0.834. The standard InChI is InChI=1S/C15H21NO3/c1-11-6-8-15(9-7-11,14(17)18)16-12-4-3-5-13(10-12)19-2/h3-5,10-11,16H,6-9H2,1-2H3,(H,17,18). The summed E-state index contributed by atoms with van der Waals surface area (Å²) in [7, 11) is 1.61. The number of aliphatic carboxylic acids is 1. The molecule has 2 rings (SSSR count). The Hall–Kier alpha value is -1.71. The number of hydrogen-bond acceptors (Lipinski definition) is 3. The molecule has 104 valence electrons. The molecule has 0 heterocycles. The van der Waals surface area contributed by atoms with Crippen LogP contribution in [-0.2, 0) is 4.79 Å². The van der Waals surface area contributed by atoms with Crippen molar-refractivity contribution in [3.8, 4) is 5.75 Å². The summed E-state index contributed by atoms with van der Waals surface area (Å²) in [6, 6.07) is 7.43.